The fraction of sp³-hybridized carbons (Fsp3) is 0.294. The van der Waals surface area contributed by atoms with Gasteiger partial charge in [-0.1, -0.05) is 13.0 Å². The van der Waals surface area contributed by atoms with Crippen LogP contribution in [0, 0.1) is 6.92 Å². The average molecular weight is 330 g/mol. The van der Waals surface area contributed by atoms with Gasteiger partial charge in [-0.25, -0.2) is 9.97 Å². The molecule has 0 aliphatic heterocycles. The monoisotopic (exact) mass is 330 g/mol. The van der Waals surface area contributed by atoms with Crippen molar-refractivity contribution in [1.82, 2.24) is 9.97 Å². The van der Waals surface area contributed by atoms with Gasteiger partial charge in [-0.3, -0.25) is 0 Å². The average Bonchev–Trinajstić information content (AvgIpc) is 2.95. The summed E-state index contributed by atoms with van der Waals surface area (Å²) in [6.45, 7) is 7.97. The molecule has 0 aliphatic carbocycles. The van der Waals surface area contributed by atoms with Crippen LogP contribution in [0.15, 0.2) is 41.2 Å². The molecule has 2 heterocycles. The first-order valence-corrected chi connectivity index (χ1v) is 8.34. The van der Waals surface area contributed by atoms with Crippen LogP contribution < -0.4 is 11.1 Å². The number of thiazole rings is 1. The smallest absolute Gasteiger partial charge is 0.188 e. The molecule has 23 heavy (non-hydrogen) atoms. The Labute approximate surface area is 140 Å². The molecule has 0 amide bonds. The third-order valence-electron chi connectivity index (χ3n) is 2.96. The first-order valence-electron chi connectivity index (χ1n) is 7.46. The minimum absolute atomic E-state index is 0.395. The van der Waals surface area contributed by atoms with Gasteiger partial charge in [0, 0.05) is 11.6 Å². The van der Waals surface area contributed by atoms with Crippen molar-refractivity contribution >= 4 is 28.0 Å². The van der Waals surface area contributed by atoms with E-state index < -0.39 is 0 Å². The fourth-order valence-corrected chi connectivity index (χ4v) is 2.56. The molecule has 0 spiro atoms. The molecule has 0 saturated carbocycles. The molecule has 6 heteroatoms. The van der Waals surface area contributed by atoms with Crippen LogP contribution in [0.1, 0.15) is 38.4 Å². The summed E-state index contributed by atoms with van der Waals surface area (Å²) in [5.41, 5.74) is 8.76. The second kappa shape index (κ2) is 7.78. The van der Waals surface area contributed by atoms with Crippen LogP contribution in [0.2, 0.25) is 0 Å². The van der Waals surface area contributed by atoms with E-state index in [2.05, 4.69) is 15.3 Å². The summed E-state index contributed by atoms with van der Waals surface area (Å²) in [6, 6.07) is 3.93. The highest BCUT2D eigenvalue weighted by atomic mass is 32.1. The molecule has 0 aliphatic rings. The van der Waals surface area contributed by atoms with Crippen LogP contribution in [0.4, 0.5) is 10.9 Å². The van der Waals surface area contributed by atoms with Gasteiger partial charge in [0.1, 0.15) is 11.5 Å². The van der Waals surface area contributed by atoms with Crippen LogP contribution in [0.5, 0.6) is 0 Å². The zero-order valence-electron chi connectivity index (χ0n) is 13.9. The molecule has 5 nitrogen and oxygen atoms in total. The van der Waals surface area contributed by atoms with Gasteiger partial charge in [-0.15, -0.1) is 11.3 Å². The largest absolute Gasteiger partial charge is 0.440 e. The van der Waals surface area contributed by atoms with E-state index in [1.54, 1.807) is 0 Å². The number of hydrogen-bond donors (Lipinski definition) is 2. The van der Waals surface area contributed by atoms with Gasteiger partial charge in [0.2, 0.25) is 0 Å². The second-order valence-electron chi connectivity index (χ2n) is 5.33. The lowest BCUT2D eigenvalue weighted by Gasteiger charge is -2.10. The van der Waals surface area contributed by atoms with Gasteiger partial charge in [-0.05, 0) is 50.5 Å². The van der Waals surface area contributed by atoms with Crippen LogP contribution in [0.3, 0.4) is 0 Å². The van der Waals surface area contributed by atoms with E-state index in [4.69, 9.17) is 10.5 Å². The molecule has 3 N–H and O–H groups in total. The molecule has 0 fully saturated rings. The molecule has 0 unspecified atom stereocenters. The first kappa shape index (κ1) is 17.0. The second-order valence-corrected chi connectivity index (χ2v) is 6.19. The van der Waals surface area contributed by atoms with E-state index in [9.17, 15) is 0 Å². The van der Waals surface area contributed by atoms with Crippen molar-refractivity contribution in [2.75, 3.05) is 5.32 Å². The Hall–Kier alpha value is -2.34. The highest BCUT2D eigenvalue weighted by Gasteiger charge is 2.12. The molecular formula is C17H22N4OS. The van der Waals surface area contributed by atoms with Gasteiger partial charge < -0.3 is 15.8 Å². The summed E-state index contributed by atoms with van der Waals surface area (Å²) in [5, 5.41) is 5.90. The summed E-state index contributed by atoms with van der Waals surface area (Å²) >= 11 is 1.50. The van der Waals surface area contributed by atoms with Gasteiger partial charge in [0.15, 0.2) is 16.8 Å². The number of nitrogens with zero attached hydrogens (tertiary/aromatic N) is 2. The predicted octanol–water partition coefficient (Wildman–Crippen LogP) is 4.57. The number of aryl methyl sites for hydroxylation is 1. The van der Waals surface area contributed by atoms with E-state index in [-0.39, 0.29) is 0 Å². The molecular weight excluding hydrogens is 308 g/mol. The fourth-order valence-electron chi connectivity index (χ4n) is 1.86. The number of ether oxygens (including phenoxy) is 1. The molecule has 0 aromatic carbocycles. The number of pyridine rings is 1. The standard InChI is InChI=1S/C17H22N4OS/c1-5-6-14(18)22-16(11(2)3)13-10-23-17(20-13)21-15-8-7-12(4)9-19-15/h6-10H,5,18H2,1-4H3,(H,19,20,21)/b14-6+. The van der Waals surface area contributed by atoms with Crippen molar-refractivity contribution < 1.29 is 4.74 Å². The lowest BCUT2D eigenvalue weighted by atomic mass is 10.2. The highest BCUT2D eigenvalue weighted by molar-refractivity contribution is 7.13. The topological polar surface area (TPSA) is 73.1 Å². The maximum Gasteiger partial charge on any atom is 0.188 e. The number of nitrogens with two attached hydrogens (primary N) is 1. The van der Waals surface area contributed by atoms with E-state index in [0.29, 0.717) is 11.6 Å². The SMILES string of the molecule is CC/C=C(\N)OC(=C(C)C)c1csc(Nc2ccc(C)cn2)n1. The number of nitrogens with one attached hydrogen (secondary N) is 1. The third kappa shape index (κ3) is 4.82. The zero-order valence-corrected chi connectivity index (χ0v) is 14.7. The van der Waals surface area contributed by atoms with Crippen LogP contribution in [-0.2, 0) is 4.74 Å². The number of anilines is 2. The van der Waals surface area contributed by atoms with Crippen molar-refractivity contribution in [1.29, 1.82) is 0 Å². The Morgan fingerprint density at radius 3 is 2.78 bits per heavy atom. The van der Waals surface area contributed by atoms with Crippen molar-refractivity contribution in [3.8, 4) is 0 Å². The van der Waals surface area contributed by atoms with Crippen LogP contribution in [0.25, 0.3) is 5.76 Å². The molecule has 0 atom stereocenters. The maximum atomic E-state index is 5.86. The lowest BCUT2D eigenvalue weighted by molar-refractivity contribution is 0.370. The Bertz CT molecular complexity index is 712. The summed E-state index contributed by atoms with van der Waals surface area (Å²) in [6.07, 6.45) is 4.48. The summed E-state index contributed by atoms with van der Waals surface area (Å²) < 4.78 is 5.74. The molecule has 0 saturated heterocycles. The van der Waals surface area contributed by atoms with Crippen molar-refractivity contribution in [2.24, 2.45) is 5.73 Å². The van der Waals surface area contributed by atoms with E-state index in [1.165, 1.54) is 11.3 Å². The van der Waals surface area contributed by atoms with Crippen molar-refractivity contribution in [3.05, 3.63) is 52.5 Å². The summed E-state index contributed by atoms with van der Waals surface area (Å²) in [4.78, 5) is 8.88. The number of rotatable bonds is 6. The Balaban J connectivity index is 2.17. The molecule has 0 radical (unpaired) electrons. The molecule has 2 rings (SSSR count). The maximum absolute atomic E-state index is 5.86. The molecule has 0 bridgehead atoms. The molecule has 2 aromatic heterocycles. The van der Waals surface area contributed by atoms with Crippen molar-refractivity contribution in [3.63, 3.8) is 0 Å². The first-order chi connectivity index (χ1) is 11.0. The van der Waals surface area contributed by atoms with Crippen molar-refractivity contribution in [2.45, 2.75) is 34.1 Å². The third-order valence-corrected chi connectivity index (χ3v) is 3.72. The van der Waals surface area contributed by atoms with Gasteiger partial charge in [0.05, 0.1) is 0 Å². The van der Waals surface area contributed by atoms with Crippen LogP contribution in [-0.4, -0.2) is 9.97 Å². The highest BCUT2D eigenvalue weighted by Crippen LogP contribution is 2.27. The summed E-state index contributed by atoms with van der Waals surface area (Å²) in [7, 11) is 0. The van der Waals surface area contributed by atoms with Gasteiger partial charge >= 0.3 is 0 Å². The van der Waals surface area contributed by atoms with Gasteiger partial charge in [0.25, 0.3) is 0 Å². The van der Waals surface area contributed by atoms with E-state index in [0.717, 1.165) is 34.2 Å². The van der Waals surface area contributed by atoms with Crippen LogP contribution >= 0.6 is 11.3 Å². The molecule has 122 valence electrons. The predicted molar refractivity (Wildman–Crippen MR) is 96.3 cm³/mol. The minimum Gasteiger partial charge on any atom is -0.440 e. The Morgan fingerprint density at radius 2 is 2.17 bits per heavy atom. The Kier molecular flexibility index (Phi) is 5.76. The minimum atomic E-state index is 0.395. The quantitative estimate of drug-likeness (QED) is 0.759. The lowest BCUT2D eigenvalue weighted by Crippen LogP contribution is -2.04. The van der Waals surface area contributed by atoms with E-state index >= 15 is 0 Å². The Morgan fingerprint density at radius 1 is 1.39 bits per heavy atom. The molecule has 2 aromatic rings. The zero-order chi connectivity index (χ0) is 16.8. The normalized spacial score (nSPS) is 11.2. The number of hydrogen-bond acceptors (Lipinski definition) is 6. The summed E-state index contributed by atoms with van der Waals surface area (Å²) in [5.74, 6) is 1.85. The number of allylic oxidation sites excluding steroid dienone is 2. The van der Waals surface area contributed by atoms with Gasteiger partial charge in [-0.2, -0.15) is 0 Å². The van der Waals surface area contributed by atoms with E-state index in [1.807, 2.05) is 57.5 Å². The number of aromatic nitrogens is 2.